The third-order valence-electron chi connectivity index (χ3n) is 2.99. The van der Waals surface area contributed by atoms with Gasteiger partial charge in [0.25, 0.3) is 5.91 Å². The summed E-state index contributed by atoms with van der Waals surface area (Å²) in [4.78, 5) is 11.9. The first-order valence-electron chi connectivity index (χ1n) is 6.63. The summed E-state index contributed by atoms with van der Waals surface area (Å²) < 4.78 is 5.61. The van der Waals surface area contributed by atoms with Crippen LogP contribution >= 0.6 is 0 Å². The van der Waals surface area contributed by atoms with Crippen molar-refractivity contribution in [2.45, 2.75) is 32.8 Å². The maximum Gasteiger partial charge on any atom is 0.266 e. The average Bonchev–Trinajstić information content (AvgIpc) is 2.92. The molecule has 0 fully saturated rings. The zero-order chi connectivity index (χ0) is 14.5. The van der Waals surface area contributed by atoms with Gasteiger partial charge in [-0.3, -0.25) is 9.89 Å². The molecule has 1 atom stereocenters. The lowest BCUT2D eigenvalue weighted by Gasteiger charge is -2.14. The van der Waals surface area contributed by atoms with E-state index in [-0.39, 0.29) is 5.91 Å². The van der Waals surface area contributed by atoms with E-state index in [1.54, 1.807) is 19.2 Å². The smallest absolute Gasteiger partial charge is 0.266 e. The molecule has 2 N–H and O–H groups in total. The zero-order valence-corrected chi connectivity index (χ0v) is 11.9. The van der Waals surface area contributed by atoms with Gasteiger partial charge in [0.2, 0.25) is 0 Å². The van der Waals surface area contributed by atoms with Crippen LogP contribution in [0, 0.1) is 0 Å². The minimum absolute atomic E-state index is 0.220. The molecule has 1 aromatic carbocycles. The number of aromatic nitrogens is 2. The number of rotatable bonds is 5. The van der Waals surface area contributed by atoms with E-state index in [1.807, 2.05) is 24.3 Å². The predicted molar refractivity (Wildman–Crippen MR) is 77.8 cm³/mol. The maximum absolute atomic E-state index is 11.9. The van der Waals surface area contributed by atoms with Gasteiger partial charge in [0.05, 0.1) is 6.20 Å². The van der Waals surface area contributed by atoms with E-state index in [0.717, 1.165) is 0 Å². The molecule has 0 saturated heterocycles. The average molecular weight is 273 g/mol. The first-order chi connectivity index (χ1) is 9.56. The Labute approximate surface area is 118 Å². The number of amides is 1. The van der Waals surface area contributed by atoms with Crippen molar-refractivity contribution < 1.29 is 9.53 Å². The van der Waals surface area contributed by atoms with E-state index in [4.69, 9.17) is 4.74 Å². The molecule has 5 heteroatoms. The van der Waals surface area contributed by atoms with E-state index < -0.39 is 6.10 Å². The lowest BCUT2D eigenvalue weighted by Crippen LogP contribution is -2.30. The lowest BCUT2D eigenvalue weighted by molar-refractivity contribution is -0.122. The number of hydrogen-bond acceptors (Lipinski definition) is 3. The Kier molecular flexibility index (Phi) is 4.40. The number of ether oxygens (including phenoxy) is 1. The molecule has 0 aliphatic rings. The molecule has 1 unspecified atom stereocenters. The van der Waals surface area contributed by atoms with Gasteiger partial charge in [-0.2, -0.15) is 5.10 Å². The second-order valence-corrected chi connectivity index (χ2v) is 4.94. The number of anilines is 1. The molecule has 0 radical (unpaired) electrons. The van der Waals surface area contributed by atoms with Crippen molar-refractivity contribution in [1.82, 2.24) is 10.2 Å². The Hall–Kier alpha value is -2.30. The third kappa shape index (κ3) is 3.60. The Morgan fingerprint density at radius 2 is 1.90 bits per heavy atom. The van der Waals surface area contributed by atoms with Gasteiger partial charge in [0, 0.05) is 6.07 Å². The Bertz CT molecular complexity index is 547. The normalized spacial score (nSPS) is 12.2. The molecule has 1 heterocycles. The summed E-state index contributed by atoms with van der Waals surface area (Å²) in [6.07, 6.45) is 0.995. The molecule has 20 heavy (non-hydrogen) atoms. The first-order valence-corrected chi connectivity index (χ1v) is 6.63. The molecule has 0 aliphatic carbocycles. The Balaban J connectivity index is 1.93. The van der Waals surface area contributed by atoms with Crippen LogP contribution in [0.3, 0.4) is 0 Å². The fourth-order valence-electron chi connectivity index (χ4n) is 1.75. The van der Waals surface area contributed by atoms with Gasteiger partial charge in [-0.15, -0.1) is 0 Å². The number of benzene rings is 1. The van der Waals surface area contributed by atoms with Gasteiger partial charge >= 0.3 is 0 Å². The SMILES string of the molecule is CC(Oc1ccc(C(C)C)cc1)C(=O)Nc1ccn[nH]1. The molecule has 2 rings (SSSR count). The summed E-state index contributed by atoms with van der Waals surface area (Å²) in [6.45, 7) is 5.98. The summed E-state index contributed by atoms with van der Waals surface area (Å²) in [6, 6.07) is 9.48. The molecule has 0 aliphatic heterocycles. The van der Waals surface area contributed by atoms with Gasteiger partial charge in [0.1, 0.15) is 11.6 Å². The van der Waals surface area contributed by atoms with Crippen LogP contribution < -0.4 is 10.1 Å². The number of carbonyl (C=O) groups is 1. The van der Waals surface area contributed by atoms with Gasteiger partial charge in [0.15, 0.2) is 6.10 Å². The second-order valence-electron chi connectivity index (χ2n) is 4.94. The van der Waals surface area contributed by atoms with Crippen molar-refractivity contribution in [2.24, 2.45) is 0 Å². The van der Waals surface area contributed by atoms with Crippen LogP contribution in [0.4, 0.5) is 5.82 Å². The fraction of sp³-hybridized carbons (Fsp3) is 0.333. The van der Waals surface area contributed by atoms with E-state index in [9.17, 15) is 4.79 Å². The minimum atomic E-state index is -0.580. The first kappa shape index (κ1) is 14.1. The highest BCUT2D eigenvalue weighted by Crippen LogP contribution is 2.19. The summed E-state index contributed by atoms with van der Waals surface area (Å²) in [5, 5.41) is 9.12. The molecular weight excluding hydrogens is 254 g/mol. The molecule has 106 valence electrons. The number of hydrogen-bond donors (Lipinski definition) is 2. The second kappa shape index (κ2) is 6.23. The quantitative estimate of drug-likeness (QED) is 0.880. The number of nitrogens with one attached hydrogen (secondary N) is 2. The molecule has 0 bridgehead atoms. The van der Waals surface area contributed by atoms with Crippen LogP contribution in [-0.2, 0) is 4.79 Å². The van der Waals surface area contributed by atoms with Gasteiger partial charge < -0.3 is 10.1 Å². The van der Waals surface area contributed by atoms with E-state index in [0.29, 0.717) is 17.5 Å². The topological polar surface area (TPSA) is 67.0 Å². The van der Waals surface area contributed by atoms with Crippen LogP contribution in [0.2, 0.25) is 0 Å². The third-order valence-corrected chi connectivity index (χ3v) is 2.99. The Morgan fingerprint density at radius 1 is 1.20 bits per heavy atom. The van der Waals surface area contributed by atoms with Gasteiger partial charge in [-0.25, -0.2) is 0 Å². The van der Waals surface area contributed by atoms with E-state index >= 15 is 0 Å². The highest BCUT2D eigenvalue weighted by molar-refractivity contribution is 5.93. The largest absolute Gasteiger partial charge is 0.481 e. The van der Waals surface area contributed by atoms with Crippen LogP contribution in [0.15, 0.2) is 36.5 Å². The maximum atomic E-state index is 11.9. The monoisotopic (exact) mass is 273 g/mol. The molecule has 5 nitrogen and oxygen atoms in total. The summed E-state index contributed by atoms with van der Waals surface area (Å²) >= 11 is 0. The van der Waals surface area contributed by atoms with Crippen molar-refractivity contribution >= 4 is 11.7 Å². The van der Waals surface area contributed by atoms with Crippen molar-refractivity contribution in [1.29, 1.82) is 0 Å². The van der Waals surface area contributed by atoms with Crippen molar-refractivity contribution in [2.75, 3.05) is 5.32 Å². The predicted octanol–water partition coefficient (Wildman–Crippen LogP) is 2.94. The van der Waals surface area contributed by atoms with Crippen molar-refractivity contribution in [3.05, 3.63) is 42.1 Å². The fourth-order valence-corrected chi connectivity index (χ4v) is 1.75. The van der Waals surface area contributed by atoms with Crippen molar-refractivity contribution in [3.63, 3.8) is 0 Å². The van der Waals surface area contributed by atoms with Crippen LogP contribution in [0.1, 0.15) is 32.3 Å². The van der Waals surface area contributed by atoms with Gasteiger partial charge in [-0.1, -0.05) is 26.0 Å². The molecule has 0 saturated carbocycles. The van der Waals surface area contributed by atoms with Crippen LogP contribution in [0.25, 0.3) is 0 Å². The molecular formula is C15H19N3O2. The highest BCUT2D eigenvalue weighted by atomic mass is 16.5. The minimum Gasteiger partial charge on any atom is -0.481 e. The number of nitrogens with zero attached hydrogens (tertiary/aromatic N) is 1. The van der Waals surface area contributed by atoms with E-state index in [1.165, 1.54) is 5.56 Å². The standard InChI is InChI=1S/C15H19N3O2/c1-10(2)12-4-6-13(7-5-12)20-11(3)15(19)17-14-8-9-16-18-14/h4-11H,1-3H3,(H2,16,17,18,19). The molecule has 0 spiro atoms. The van der Waals surface area contributed by atoms with E-state index in [2.05, 4.69) is 29.4 Å². The summed E-state index contributed by atoms with van der Waals surface area (Å²) in [5.41, 5.74) is 1.24. The molecule has 1 aromatic heterocycles. The van der Waals surface area contributed by atoms with Gasteiger partial charge in [-0.05, 0) is 30.5 Å². The van der Waals surface area contributed by atoms with Crippen molar-refractivity contribution in [3.8, 4) is 5.75 Å². The molecule has 2 aromatic rings. The van der Waals surface area contributed by atoms with Crippen LogP contribution in [-0.4, -0.2) is 22.2 Å². The number of aromatic amines is 1. The molecule has 1 amide bonds. The highest BCUT2D eigenvalue weighted by Gasteiger charge is 2.15. The summed E-state index contributed by atoms with van der Waals surface area (Å²) in [5.74, 6) is 1.50. The van der Waals surface area contributed by atoms with Crippen LogP contribution in [0.5, 0.6) is 5.75 Å². The number of carbonyl (C=O) groups excluding carboxylic acids is 1. The Morgan fingerprint density at radius 3 is 2.45 bits per heavy atom. The number of H-pyrrole nitrogens is 1. The lowest BCUT2D eigenvalue weighted by atomic mass is 10.0. The summed E-state index contributed by atoms with van der Waals surface area (Å²) in [7, 11) is 0. The zero-order valence-electron chi connectivity index (χ0n) is 11.9.